The summed E-state index contributed by atoms with van der Waals surface area (Å²) in [6.45, 7) is 6.30. The van der Waals surface area contributed by atoms with Gasteiger partial charge in [0.15, 0.2) is 0 Å². The zero-order chi connectivity index (χ0) is 17.2. The van der Waals surface area contributed by atoms with Crippen molar-refractivity contribution in [3.63, 3.8) is 0 Å². The van der Waals surface area contributed by atoms with E-state index in [2.05, 4.69) is 0 Å². The van der Waals surface area contributed by atoms with Crippen molar-refractivity contribution in [2.45, 2.75) is 45.3 Å². The number of amides is 1. The van der Waals surface area contributed by atoms with Crippen LogP contribution >= 0.6 is 0 Å². The molecule has 2 heterocycles. The molecule has 7 nitrogen and oxygen atoms in total. The number of aromatic carboxylic acids is 1. The van der Waals surface area contributed by atoms with Crippen LogP contribution in [0.5, 0.6) is 0 Å². The van der Waals surface area contributed by atoms with Crippen LogP contribution in [0.25, 0.3) is 0 Å². The monoisotopic (exact) mass is 322 g/mol. The molecule has 1 aromatic heterocycles. The molecule has 0 unspecified atom stereocenters. The summed E-state index contributed by atoms with van der Waals surface area (Å²) in [5.41, 5.74) is -1.39. The van der Waals surface area contributed by atoms with Gasteiger partial charge in [-0.2, -0.15) is 0 Å². The van der Waals surface area contributed by atoms with Gasteiger partial charge in [-0.15, -0.1) is 0 Å². The van der Waals surface area contributed by atoms with Crippen LogP contribution in [0, 0.1) is 0 Å². The molecule has 23 heavy (non-hydrogen) atoms. The number of carboxylic acids is 1. The molecule has 1 atom stereocenters. The number of carbonyl (C=O) groups excluding carboxylic acids is 1. The minimum absolute atomic E-state index is 0.247. The third kappa shape index (κ3) is 4.12. The number of aromatic nitrogens is 1. The Kier molecular flexibility index (Phi) is 4.77. The van der Waals surface area contributed by atoms with E-state index in [0.29, 0.717) is 19.5 Å². The predicted molar refractivity (Wildman–Crippen MR) is 83.7 cm³/mol. The van der Waals surface area contributed by atoms with Crippen LogP contribution in [-0.4, -0.2) is 45.3 Å². The van der Waals surface area contributed by atoms with Gasteiger partial charge in [-0.3, -0.25) is 4.79 Å². The fourth-order valence-electron chi connectivity index (χ4n) is 2.63. The van der Waals surface area contributed by atoms with Gasteiger partial charge >= 0.3 is 12.1 Å². The highest BCUT2D eigenvalue weighted by atomic mass is 16.6. The summed E-state index contributed by atoms with van der Waals surface area (Å²) in [5, 5.41) is 9.06. The van der Waals surface area contributed by atoms with Crippen molar-refractivity contribution >= 4 is 12.1 Å². The molecule has 1 aliphatic heterocycles. The van der Waals surface area contributed by atoms with Gasteiger partial charge in [0.25, 0.3) is 5.56 Å². The van der Waals surface area contributed by atoms with E-state index in [9.17, 15) is 14.4 Å². The van der Waals surface area contributed by atoms with Crippen LogP contribution in [0.3, 0.4) is 0 Å². The summed E-state index contributed by atoms with van der Waals surface area (Å²) >= 11 is 0. The average Bonchev–Trinajstić information content (AvgIpc) is 2.45. The van der Waals surface area contributed by atoms with E-state index in [-0.39, 0.29) is 11.6 Å². The number of hydrogen-bond acceptors (Lipinski definition) is 4. The Hall–Kier alpha value is -2.31. The molecule has 0 spiro atoms. The number of rotatable bonds is 2. The first-order chi connectivity index (χ1) is 10.7. The second-order valence-corrected chi connectivity index (χ2v) is 6.66. The quantitative estimate of drug-likeness (QED) is 0.901. The third-order valence-corrected chi connectivity index (χ3v) is 3.65. The normalized spacial score (nSPS) is 18.6. The molecule has 0 radical (unpaired) electrons. The Morgan fingerprint density at radius 2 is 2.04 bits per heavy atom. The van der Waals surface area contributed by atoms with E-state index in [1.54, 1.807) is 31.9 Å². The van der Waals surface area contributed by atoms with Gasteiger partial charge in [0.2, 0.25) is 0 Å². The molecule has 1 fully saturated rings. The number of pyridine rings is 1. The highest BCUT2D eigenvalue weighted by Crippen LogP contribution is 2.22. The molecular formula is C16H22N2O5. The highest BCUT2D eigenvalue weighted by Gasteiger charge is 2.29. The van der Waals surface area contributed by atoms with Crippen molar-refractivity contribution in [2.75, 3.05) is 13.1 Å². The summed E-state index contributed by atoms with van der Waals surface area (Å²) in [4.78, 5) is 37.1. The lowest BCUT2D eigenvalue weighted by atomic mass is 10.1. The number of ether oxygens (including phenoxy) is 1. The van der Waals surface area contributed by atoms with Crippen molar-refractivity contribution in [3.05, 3.63) is 34.2 Å². The second-order valence-electron chi connectivity index (χ2n) is 6.66. The molecule has 126 valence electrons. The van der Waals surface area contributed by atoms with E-state index in [1.807, 2.05) is 0 Å². The van der Waals surface area contributed by atoms with E-state index in [0.717, 1.165) is 6.42 Å². The van der Waals surface area contributed by atoms with Crippen LogP contribution in [0.4, 0.5) is 4.79 Å². The van der Waals surface area contributed by atoms with E-state index < -0.39 is 23.2 Å². The van der Waals surface area contributed by atoms with Crippen molar-refractivity contribution in [2.24, 2.45) is 0 Å². The topological polar surface area (TPSA) is 88.8 Å². The maximum Gasteiger partial charge on any atom is 0.410 e. The van der Waals surface area contributed by atoms with Gasteiger partial charge in [-0.1, -0.05) is 0 Å². The van der Waals surface area contributed by atoms with Crippen LogP contribution < -0.4 is 5.56 Å². The Bertz CT molecular complexity index is 659. The number of carbonyl (C=O) groups is 2. The summed E-state index contributed by atoms with van der Waals surface area (Å²) in [7, 11) is 0. The Balaban J connectivity index is 2.19. The fraction of sp³-hybridized carbons (Fsp3) is 0.562. The van der Waals surface area contributed by atoms with Crippen molar-refractivity contribution in [1.82, 2.24) is 9.47 Å². The largest absolute Gasteiger partial charge is 0.477 e. The van der Waals surface area contributed by atoms with E-state index in [4.69, 9.17) is 9.84 Å². The SMILES string of the molecule is CC(C)(C)OC(=O)N1CCC[C@@H](n2cccc(C(=O)O)c2=O)C1. The third-order valence-electron chi connectivity index (χ3n) is 3.65. The average molecular weight is 322 g/mol. The molecule has 2 rings (SSSR count). The molecule has 0 aromatic carbocycles. The van der Waals surface area contributed by atoms with Crippen LogP contribution in [-0.2, 0) is 4.74 Å². The molecule has 0 saturated carbocycles. The van der Waals surface area contributed by atoms with Gasteiger partial charge in [0.1, 0.15) is 11.2 Å². The van der Waals surface area contributed by atoms with Crippen molar-refractivity contribution in [1.29, 1.82) is 0 Å². The zero-order valence-electron chi connectivity index (χ0n) is 13.6. The Morgan fingerprint density at radius 3 is 2.65 bits per heavy atom. The molecule has 0 bridgehead atoms. The smallest absolute Gasteiger partial charge is 0.410 e. The summed E-state index contributed by atoms with van der Waals surface area (Å²) < 4.78 is 6.76. The van der Waals surface area contributed by atoms with Gasteiger partial charge in [-0.25, -0.2) is 9.59 Å². The minimum atomic E-state index is -1.25. The van der Waals surface area contributed by atoms with Crippen LogP contribution in [0.2, 0.25) is 0 Å². The van der Waals surface area contributed by atoms with E-state index in [1.165, 1.54) is 16.7 Å². The molecule has 1 aliphatic rings. The fourth-order valence-corrected chi connectivity index (χ4v) is 2.63. The molecule has 1 amide bonds. The zero-order valence-corrected chi connectivity index (χ0v) is 13.6. The molecule has 0 aliphatic carbocycles. The summed E-state index contributed by atoms with van der Waals surface area (Å²) in [5.74, 6) is -1.25. The maximum absolute atomic E-state index is 12.3. The number of carboxylic acid groups (broad SMARTS) is 1. The lowest BCUT2D eigenvalue weighted by Crippen LogP contribution is -2.45. The second kappa shape index (κ2) is 6.44. The standard InChI is InChI=1S/C16H22N2O5/c1-16(2,3)23-15(22)17-8-4-6-11(10-17)18-9-5-7-12(13(18)19)14(20)21/h5,7,9,11H,4,6,8,10H2,1-3H3,(H,20,21)/t11-/m1/s1. The van der Waals surface area contributed by atoms with Crippen molar-refractivity contribution < 1.29 is 19.4 Å². The molecule has 1 aromatic rings. The first kappa shape index (κ1) is 17.1. The molecule has 1 saturated heterocycles. The minimum Gasteiger partial charge on any atom is -0.477 e. The van der Waals surface area contributed by atoms with Gasteiger partial charge < -0.3 is 19.3 Å². The van der Waals surface area contributed by atoms with Gasteiger partial charge in [-0.05, 0) is 45.7 Å². The lowest BCUT2D eigenvalue weighted by molar-refractivity contribution is 0.0170. The molecular weight excluding hydrogens is 300 g/mol. The maximum atomic E-state index is 12.3. The number of piperidine rings is 1. The number of hydrogen-bond donors (Lipinski definition) is 1. The predicted octanol–water partition coefficient (Wildman–Crippen LogP) is 2.12. The molecule has 7 heteroatoms. The number of nitrogens with zero attached hydrogens (tertiary/aromatic N) is 2. The van der Waals surface area contributed by atoms with Gasteiger partial charge in [0.05, 0.1) is 6.04 Å². The first-order valence-electron chi connectivity index (χ1n) is 7.61. The van der Waals surface area contributed by atoms with Crippen LogP contribution in [0.1, 0.15) is 50.0 Å². The molecule has 1 N–H and O–H groups in total. The first-order valence-corrected chi connectivity index (χ1v) is 7.61. The van der Waals surface area contributed by atoms with Gasteiger partial charge in [0, 0.05) is 19.3 Å². The lowest BCUT2D eigenvalue weighted by Gasteiger charge is -2.34. The highest BCUT2D eigenvalue weighted by molar-refractivity contribution is 5.87. The number of likely N-dealkylation sites (tertiary alicyclic amines) is 1. The van der Waals surface area contributed by atoms with Crippen molar-refractivity contribution in [3.8, 4) is 0 Å². The Morgan fingerprint density at radius 1 is 1.35 bits per heavy atom. The Labute approximate surface area is 134 Å². The van der Waals surface area contributed by atoms with E-state index >= 15 is 0 Å². The summed E-state index contributed by atoms with van der Waals surface area (Å²) in [6.07, 6.45) is 2.60. The summed E-state index contributed by atoms with van der Waals surface area (Å²) in [6, 6.07) is 2.58. The van der Waals surface area contributed by atoms with Crippen LogP contribution in [0.15, 0.2) is 23.1 Å².